The van der Waals surface area contributed by atoms with Gasteiger partial charge in [0.25, 0.3) is 0 Å². The summed E-state index contributed by atoms with van der Waals surface area (Å²) in [6.45, 7) is 0. The van der Waals surface area contributed by atoms with Gasteiger partial charge in [-0.05, 0) is 25.0 Å². The van der Waals surface area contributed by atoms with Gasteiger partial charge < -0.3 is 0 Å². The monoisotopic (exact) mass is 495 g/mol. The smallest absolute Gasteiger partial charge is 0.281 e. The standard InChI is InChI=1S/C11H14F10O3S.C5H5N/c12-7(5-3-1-2-4-6-8(13,14)15)9(16,17)10(18,19)11(20,21)25(22,23)24;1-2-4-6-5-3-1/h7H,1-6H2,(H,22,23,24);1-5H. The number of nitrogens with zero attached hydrogens (tertiary/aromatic N) is 1. The van der Waals surface area contributed by atoms with Crippen LogP contribution in [0.15, 0.2) is 30.6 Å². The minimum Gasteiger partial charge on any atom is -0.281 e. The Balaban J connectivity index is 0.00000127. The van der Waals surface area contributed by atoms with Crippen molar-refractivity contribution in [3.05, 3.63) is 30.6 Å². The van der Waals surface area contributed by atoms with Gasteiger partial charge in [-0.25, -0.2) is 4.39 Å². The molecule has 31 heavy (non-hydrogen) atoms. The van der Waals surface area contributed by atoms with E-state index < -0.39 is 65.2 Å². The number of aromatic nitrogens is 1. The van der Waals surface area contributed by atoms with E-state index in [1.165, 1.54) is 0 Å². The lowest BCUT2D eigenvalue weighted by atomic mass is 10.0. The second-order valence-corrected chi connectivity index (χ2v) is 7.71. The molecule has 0 fully saturated rings. The molecular formula is C16H19F10NO3S. The summed E-state index contributed by atoms with van der Waals surface area (Å²) in [5.74, 6) is -12.9. The maximum absolute atomic E-state index is 13.3. The maximum atomic E-state index is 13.3. The largest absolute Gasteiger partial charge is 0.438 e. The van der Waals surface area contributed by atoms with Crippen LogP contribution in [0.2, 0.25) is 0 Å². The summed E-state index contributed by atoms with van der Waals surface area (Å²) in [5, 5.41) is -6.64. The van der Waals surface area contributed by atoms with Crippen molar-refractivity contribution in [2.45, 2.75) is 68.0 Å². The minimum atomic E-state index is -6.96. The first-order valence-electron chi connectivity index (χ1n) is 8.54. The molecule has 1 aromatic heterocycles. The van der Waals surface area contributed by atoms with E-state index in [-0.39, 0.29) is 12.8 Å². The van der Waals surface area contributed by atoms with Crippen LogP contribution in [0.25, 0.3) is 0 Å². The van der Waals surface area contributed by atoms with Crippen molar-refractivity contribution in [1.29, 1.82) is 0 Å². The molecule has 0 aliphatic rings. The number of halogens is 10. The predicted molar refractivity (Wildman–Crippen MR) is 89.3 cm³/mol. The van der Waals surface area contributed by atoms with E-state index >= 15 is 0 Å². The first kappa shape index (κ1) is 29.4. The molecule has 0 aliphatic carbocycles. The van der Waals surface area contributed by atoms with Crippen LogP contribution in [0.4, 0.5) is 43.9 Å². The Kier molecular flexibility index (Phi) is 10.7. The fourth-order valence-electron chi connectivity index (χ4n) is 2.05. The molecule has 1 aromatic rings. The third-order valence-electron chi connectivity index (χ3n) is 3.74. The molecule has 1 N–H and O–H groups in total. The molecule has 15 heteroatoms. The number of hydrogen-bond acceptors (Lipinski definition) is 3. The van der Waals surface area contributed by atoms with Gasteiger partial charge >= 0.3 is 33.4 Å². The molecule has 0 amide bonds. The number of rotatable bonds is 10. The average Bonchev–Trinajstić information content (AvgIpc) is 2.64. The zero-order valence-corrected chi connectivity index (χ0v) is 16.4. The molecule has 0 bridgehead atoms. The van der Waals surface area contributed by atoms with Gasteiger partial charge in [-0.15, -0.1) is 0 Å². The normalized spacial score (nSPS) is 14.5. The fraction of sp³-hybridized carbons (Fsp3) is 0.688. The molecule has 182 valence electrons. The molecule has 0 radical (unpaired) electrons. The third kappa shape index (κ3) is 8.79. The van der Waals surface area contributed by atoms with E-state index in [0.29, 0.717) is 0 Å². The van der Waals surface area contributed by atoms with Crippen molar-refractivity contribution < 1.29 is 56.9 Å². The van der Waals surface area contributed by atoms with E-state index in [2.05, 4.69) is 4.98 Å². The Hall–Kier alpha value is -1.64. The minimum absolute atomic E-state index is 0.199. The molecule has 0 aromatic carbocycles. The van der Waals surface area contributed by atoms with E-state index in [1.807, 2.05) is 18.2 Å². The zero-order chi connectivity index (χ0) is 24.6. The molecular weight excluding hydrogens is 476 g/mol. The van der Waals surface area contributed by atoms with Gasteiger partial charge in [0.15, 0.2) is 6.17 Å². The van der Waals surface area contributed by atoms with Crippen LogP contribution in [0.5, 0.6) is 0 Å². The van der Waals surface area contributed by atoms with Crippen LogP contribution < -0.4 is 0 Å². The Morgan fingerprint density at radius 1 is 0.806 bits per heavy atom. The Morgan fingerprint density at radius 2 is 1.29 bits per heavy atom. The van der Waals surface area contributed by atoms with Crippen molar-refractivity contribution in [2.75, 3.05) is 0 Å². The highest BCUT2D eigenvalue weighted by molar-refractivity contribution is 7.87. The molecule has 0 saturated heterocycles. The Morgan fingerprint density at radius 3 is 1.65 bits per heavy atom. The van der Waals surface area contributed by atoms with E-state index in [4.69, 9.17) is 4.55 Å². The quantitative estimate of drug-likeness (QED) is 0.244. The summed E-state index contributed by atoms with van der Waals surface area (Å²) in [5.41, 5.74) is 0. The number of unbranched alkanes of at least 4 members (excludes halogenated alkanes) is 3. The molecule has 1 heterocycles. The molecule has 1 rings (SSSR count). The van der Waals surface area contributed by atoms with Gasteiger partial charge in [0.1, 0.15) is 0 Å². The molecule has 0 saturated carbocycles. The molecule has 1 atom stereocenters. The molecule has 4 nitrogen and oxygen atoms in total. The summed E-state index contributed by atoms with van der Waals surface area (Å²) >= 11 is 0. The van der Waals surface area contributed by atoms with Gasteiger partial charge in [0, 0.05) is 18.8 Å². The van der Waals surface area contributed by atoms with Crippen LogP contribution in [0, 0.1) is 0 Å². The van der Waals surface area contributed by atoms with Gasteiger partial charge in [-0.3, -0.25) is 9.54 Å². The third-order valence-corrected chi connectivity index (χ3v) is 4.64. The van der Waals surface area contributed by atoms with Crippen molar-refractivity contribution in [3.63, 3.8) is 0 Å². The van der Waals surface area contributed by atoms with Gasteiger partial charge in [0.2, 0.25) is 0 Å². The van der Waals surface area contributed by atoms with Crippen LogP contribution in [0.3, 0.4) is 0 Å². The summed E-state index contributed by atoms with van der Waals surface area (Å²) in [6.07, 6.45) is -8.99. The van der Waals surface area contributed by atoms with Crippen molar-refractivity contribution >= 4 is 10.1 Å². The topological polar surface area (TPSA) is 67.3 Å². The van der Waals surface area contributed by atoms with Gasteiger partial charge in [-0.2, -0.15) is 47.9 Å². The van der Waals surface area contributed by atoms with E-state index in [1.54, 1.807) is 12.4 Å². The SMILES string of the molecule is O=S(=O)(O)C(F)(F)C(F)(F)C(F)(F)C(F)CCCCCCC(F)(F)F.c1ccncc1. The summed E-state index contributed by atoms with van der Waals surface area (Å²) < 4.78 is 155. The van der Waals surface area contributed by atoms with Gasteiger partial charge in [-0.1, -0.05) is 25.3 Å². The zero-order valence-electron chi connectivity index (χ0n) is 15.6. The highest BCUT2D eigenvalue weighted by Gasteiger charge is 2.79. The number of pyridine rings is 1. The highest BCUT2D eigenvalue weighted by atomic mass is 32.2. The first-order chi connectivity index (χ1) is 13.9. The predicted octanol–water partition coefficient (Wildman–Crippen LogP) is 6.06. The molecule has 1 unspecified atom stereocenters. The average molecular weight is 495 g/mol. The second kappa shape index (κ2) is 11.3. The number of alkyl halides is 10. The van der Waals surface area contributed by atoms with Crippen LogP contribution in [0.1, 0.15) is 38.5 Å². The van der Waals surface area contributed by atoms with Crippen molar-refractivity contribution in [2.24, 2.45) is 0 Å². The lowest BCUT2D eigenvalue weighted by molar-refractivity contribution is -0.300. The summed E-state index contributed by atoms with van der Waals surface area (Å²) in [6, 6.07) is 5.72. The highest BCUT2D eigenvalue weighted by Crippen LogP contribution is 2.50. The van der Waals surface area contributed by atoms with Crippen LogP contribution >= 0.6 is 0 Å². The lowest BCUT2D eigenvalue weighted by Gasteiger charge is -2.32. The van der Waals surface area contributed by atoms with Crippen LogP contribution in [-0.2, 0) is 10.1 Å². The lowest BCUT2D eigenvalue weighted by Crippen LogP contribution is -2.61. The second-order valence-electron chi connectivity index (χ2n) is 6.25. The summed E-state index contributed by atoms with van der Waals surface area (Å²) in [4.78, 5) is 3.78. The van der Waals surface area contributed by atoms with E-state index in [9.17, 15) is 52.3 Å². The first-order valence-corrected chi connectivity index (χ1v) is 9.98. The maximum Gasteiger partial charge on any atom is 0.438 e. The van der Waals surface area contributed by atoms with Crippen LogP contribution in [-0.4, -0.2) is 47.4 Å². The Labute approximate surface area is 171 Å². The molecule has 0 aliphatic heterocycles. The van der Waals surface area contributed by atoms with Crippen molar-refractivity contribution in [1.82, 2.24) is 4.98 Å². The van der Waals surface area contributed by atoms with E-state index in [0.717, 1.165) is 0 Å². The Bertz CT molecular complexity index is 715. The summed E-state index contributed by atoms with van der Waals surface area (Å²) in [7, 11) is -6.96. The number of hydrogen-bond donors (Lipinski definition) is 1. The van der Waals surface area contributed by atoms with Crippen molar-refractivity contribution in [3.8, 4) is 0 Å². The van der Waals surface area contributed by atoms with Gasteiger partial charge in [0.05, 0.1) is 0 Å². The molecule has 0 spiro atoms. The fourth-order valence-corrected chi connectivity index (χ4v) is 2.51.